The van der Waals surface area contributed by atoms with Gasteiger partial charge in [0.15, 0.2) is 0 Å². The summed E-state index contributed by atoms with van der Waals surface area (Å²) in [7, 11) is 0. The standard InChI is InChI=1S/C6H10N4/c1-2-9-6(8-1)5-3-7-4-10-5/h1-2,5,7,10H,3-4H2,(H,8,9). The molecule has 1 aliphatic rings. The number of rotatable bonds is 1. The van der Waals surface area contributed by atoms with Crippen LogP contribution in [0.15, 0.2) is 12.4 Å². The zero-order chi connectivity index (χ0) is 6.81. The van der Waals surface area contributed by atoms with E-state index < -0.39 is 0 Å². The van der Waals surface area contributed by atoms with Gasteiger partial charge in [0.25, 0.3) is 0 Å². The smallest absolute Gasteiger partial charge is 0.124 e. The minimum atomic E-state index is 0.370. The molecule has 0 amide bonds. The lowest BCUT2D eigenvalue weighted by Gasteiger charge is -2.02. The molecule has 2 heterocycles. The maximum Gasteiger partial charge on any atom is 0.124 e. The molecule has 2 rings (SSSR count). The summed E-state index contributed by atoms with van der Waals surface area (Å²) in [4.78, 5) is 7.21. The molecule has 1 unspecified atom stereocenters. The van der Waals surface area contributed by atoms with E-state index in [0.29, 0.717) is 6.04 Å². The van der Waals surface area contributed by atoms with Gasteiger partial charge in [0.2, 0.25) is 0 Å². The summed E-state index contributed by atoms with van der Waals surface area (Å²) >= 11 is 0. The highest BCUT2D eigenvalue weighted by molar-refractivity contribution is 4.98. The van der Waals surface area contributed by atoms with Crippen LogP contribution in [0.3, 0.4) is 0 Å². The first-order valence-electron chi connectivity index (χ1n) is 3.40. The summed E-state index contributed by atoms with van der Waals surface area (Å²) < 4.78 is 0. The van der Waals surface area contributed by atoms with E-state index in [1.54, 1.807) is 6.20 Å². The van der Waals surface area contributed by atoms with Gasteiger partial charge in [-0.25, -0.2) is 4.98 Å². The highest BCUT2D eigenvalue weighted by Crippen LogP contribution is 2.07. The van der Waals surface area contributed by atoms with E-state index in [9.17, 15) is 0 Å². The Labute approximate surface area is 59.0 Å². The zero-order valence-electron chi connectivity index (χ0n) is 5.59. The Hall–Kier alpha value is -0.870. The molecule has 4 heteroatoms. The molecule has 1 saturated heterocycles. The van der Waals surface area contributed by atoms with Gasteiger partial charge in [0, 0.05) is 25.6 Å². The molecule has 0 aromatic carbocycles. The molecule has 1 aromatic rings. The molecule has 1 aliphatic heterocycles. The van der Waals surface area contributed by atoms with Crippen molar-refractivity contribution < 1.29 is 0 Å². The van der Waals surface area contributed by atoms with Crippen molar-refractivity contribution in [2.75, 3.05) is 13.2 Å². The van der Waals surface area contributed by atoms with E-state index in [1.165, 1.54) is 0 Å². The molecule has 0 bridgehead atoms. The number of nitrogens with one attached hydrogen (secondary N) is 3. The number of aromatic nitrogens is 2. The third-order valence-corrected chi connectivity index (χ3v) is 1.67. The van der Waals surface area contributed by atoms with Crippen LogP contribution in [0.5, 0.6) is 0 Å². The molecule has 0 radical (unpaired) electrons. The summed E-state index contributed by atoms with van der Waals surface area (Å²) in [5, 5.41) is 6.44. The second kappa shape index (κ2) is 2.40. The van der Waals surface area contributed by atoms with Gasteiger partial charge in [-0.05, 0) is 0 Å². The van der Waals surface area contributed by atoms with Gasteiger partial charge in [-0.15, -0.1) is 0 Å². The van der Waals surface area contributed by atoms with Crippen LogP contribution in [0, 0.1) is 0 Å². The number of hydrogen-bond donors (Lipinski definition) is 3. The van der Waals surface area contributed by atoms with Crippen molar-refractivity contribution in [2.24, 2.45) is 0 Å². The van der Waals surface area contributed by atoms with Crippen molar-refractivity contribution in [1.29, 1.82) is 0 Å². The quantitative estimate of drug-likeness (QED) is 0.495. The van der Waals surface area contributed by atoms with Crippen LogP contribution in [0.1, 0.15) is 11.9 Å². The second-order valence-electron chi connectivity index (χ2n) is 2.36. The van der Waals surface area contributed by atoms with Crippen LogP contribution in [0.2, 0.25) is 0 Å². The minimum absolute atomic E-state index is 0.370. The molecular weight excluding hydrogens is 128 g/mol. The predicted octanol–water partition coefficient (Wildman–Crippen LogP) is -0.399. The maximum atomic E-state index is 4.14. The van der Waals surface area contributed by atoms with Crippen molar-refractivity contribution in [3.05, 3.63) is 18.2 Å². The van der Waals surface area contributed by atoms with Crippen LogP contribution in [0.25, 0.3) is 0 Å². The van der Waals surface area contributed by atoms with Crippen molar-refractivity contribution in [2.45, 2.75) is 6.04 Å². The molecule has 10 heavy (non-hydrogen) atoms. The summed E-state index contributed by atoms with van der Waals surface area (Å²) in [5.74, 6) is 1.02. The first-order chi connectivity index (χ1) is 4.97. The summed E-state index contributed by atoms with van der Waals surface area (Å²) in [6.07, 6.45) is 3.62. The summed E-state index contributed by atoms with van der Waals surface area (Å²) in [5.41, 5.74) is 0. The maximum absolute atomic E-state index is 4.14. The first-order valence-corrected chi connectivity index (χ1v) is 3.40. The van der Waals surface area contributed by atoms with Crippen LogP contribution >= 0.6 is 0 Å². The number of imidazole rings is 1. The molecule has 1 fully saturated rings. The highest BCUT2D eigenvalue weighted by Gasteiger charge is 2.16. The monoisotopic (exact) mass is 138 g/mol. The number of hydrogen-bond acceptors (Lipinski definition) is 3. The lowest BCUT2D eigenvalue weighted by atomic mass is 10.3. The topological polar surface area (TPSA) is 52.7 Å². The lowest BCUT2D eigenvalue weighted by molar-refractivity contribution is 0.640. The lowest BCUT2D eigenvalue weighted by Crippen LogP contribution is -2.15. The Morgan fingerprint density at radius 3 is 3.20 bits per heavy atom. The normalized spacial score (nSPS) is 25.4. The second-order valence-corrected chi connectivity index (χ2v) is 2.36. The molecule has 3 N–H and O–H groups in total. The van der Waals surface area contributed by atoms with Gasteiger partial charge in [-0.1, -0.05) is 0 Å². The minimum Gasteiger partial charge on any atom is -0.347 e. The Morgan fingerprint density at radius 1 is 1.60 bits per heavy atom. The zero-order valence-corrected chi connectivity index (χ0v) is 5.59. The molecule has 1 aromatic heterocycles. The van der Waals surface area contributed by atoms with Gasteiger partial charge in [-0.3, -0.25) is 5.32 Å². The van der Waals surface area contributed by atoms with E-state index in [1.807, 2.05) is 6.20 Å². The van der Waals surface area contributed by atoms with E-state index in [-0.39, 0.29) is 0 Å². The van der Waals surface area contributed by atoms with Crippen molar-refractivity contribution in [3.8, 4) is 0 Å². The van der Waals surface area contributed by atoms with Gasteiger partial charge in [-0.2, -0.15) is 0 Å². The van der Waals surface area contributed by atoms with Crippen LogP contribution in [0.4, 0.5) is 0 Å². The average molecular weight is 138 g/mol. The summed E-state index contributed by atoms with van der Waals surface area (Å²) in [6, 6.07) is 0.370. The Bertz CT molecular complexity index is 188. The van der Waals surface area contributed by atoms with E-state index in [4.69, 9.17) is 0 Å². The first kappa shape index (κ1) is 5.88. The Kier molecular flexibility index (Phi) is 1.41. The Balaban J connectivity index is 2.12. The molecule has 0 aliphatic carbocycles. The van der Waals surface area contributed by atoms with Crippen molar-refractivity contribution in [3.63, 3.8) is 0 Å². The van der Waals surface area contributed by atoms with Gasteiger partial charge in [0.1, 0.15) is 5.82 Å². The molecule has 1 atom stereocenters. The van der Waals surface area contributed by atoms with Crippen LogP contribution in [-0.2, 0) is 0 Å². The fraction of sp³-hybridized carbons (Fsp3) is 0.500. The third-order valence-electron chi connectivity index (χ3n) is 1.67. The largest absolute Gasteiger partial charge is 0.347 e. The van der Waals surface area contributed by atoms with Crippen LogP contribution in [-0.4, -0.2) is 23.2 Å². The molecule has 0 saturated carbocycles. The number of aromatic amines is 1. The fourth-order valence-electron chi connectivity index (χ4n) is 1.15. The predicted molar refractivity (Wildman–Crippen MR) is 37.3 cm³/mol. The molecule has 4 nitrogen and oxygen atoms in total. The molecule has 0 spiro atoms. The highest BCUT2D eigenvalue weighted by atomic mass is 15.2. The average Bonchev–Trinajstić information content (AvgIpc) is 2.59. The SMILES string of the molecule is c1c[nH]c(C2CNCN2)n1. The van der Waals surface area contributed by atoms with E-state index in [0.717, 1.165) is 19.0 Å². The molecule has 54 valence electrons. The van der Waals surface area contributed by atoms with Gasteiger partial charge in [0.05, 0.1) is 6.04 Å². The van der Waals surface area contributed by atoms with Crippen LogP contribution < -0.4 is 10.6 Å². The van der Waals surface area contributed by atoms with Gasteiger partial charge >= 0.3 is 0 Å². The number of nitrogens with zero attached hydrogens (tertiary/aromatic N) is 1. The Morgan fingerprint density at radius 2 is 2.60 bits per heavy atom. The van der Waals surface area contributed by atoms with Crippen molar-refractivity contribution >= 4 is 0 Å². The number of H-pyrrole nitrogens is 1. The van der Waals surface area contributed by atoms with E-state index >= 15 is 0 Å². The fourth-order valence-corrected chi connectivity index (χ4v) is 1.15. The third kappa shape index (κ3) is 0.913. The van der Waals surface area contributed by atoms with E-state index in [2.05, 4.69) is 20.6 Å². The summed E-state index contributed by atoms with van der Waals surface area (Å²) in [6.45, 7) is 1.85. The van der Waals surface area contributed by atoms with Crippen molar-refractivity contribution in [1.82, 2.24) is 20.6 Å². The molecular formula is C6H10N4. The van der Waals surface area contributed by atoms with Gasteiger partial charge < -0.3 is 10.3 Å².